The molecule has 0 amide bonds. The van der Waals surface area contributed by atoms with Crippen molar-refractivity contribution in [3.05, 3.63) is 0 Å². The van der Waals surface area contributed by atoms with Gasteiger partial charge in [0.1, 0.15) is 0 Å². The number of methoxy groups -OCH3 is 1. The molecule has 0 aliphatic heterocycles. The van der Waals surface area contributed by atoms with Gasteiger partial charge >= 0.3 is 0 Å². The van der Waals surface area contributed by atoms with Gasteiger partial charge in [-0.2, -0.15) is 11.8 Å². The van der Waals surface area contributed by atoms with Gasteiger partial charge in [0.05, 0.1) is 6.10 Å². The molecule has 0 aliphatic rings. The van der Waals surface area contributed by atoms with Gasteiger partial charge in [0.2, 0.25) is 0 Å². The fourth-order valence-electron chi connectivity index (χ4n) is 1.26. The van der Waals surface area contributed by atoms with Gasteiger partial charge in [-0.25, -0.2) is 0 Å². The Morgan fingerprint density at radius 1 is 1.50 bits per heavy atom. The molecule has 0 aliphatic carbocycles. The van der Waals surface area contributed by atoms with E-state index >= 15 is 0 Å². The molecule has 0 saturated carbocycles. The SMILES string of the molecule is COC(CN)CN(C)C(C)CCSC. The molecule has 0 heterocycles. The van der Waals surface area contributed by atoms with Crippen LogP contribution in [0.5, 0.6) is 0 Å². The molecule has 0 radical (unpaired) electrons. The Hall–Kier alpha value is 0.230. The molecule has 0 aromatic heterocycles. The molecule has 2 unspecified atom stereocenters. The molecule has 0 spiro atoms. The van der Waals surface area contributed by atoms with Crippen molar-refractivity contribution < 1.29 is 4.74 Å². The maximum atomic E-state index is 5.58. The van der Waals surface area contributed by atoms with Crippen molar-refractivity contribution in [3.63, 3.8) is 0 Å². The van der Waals surface area contributed by atoms with Gasteiger partial charge in [-0.3, -0.25) is 0 Å². The number of nitrogens with zero attached hydrogens (tertiary/aromatic N) is 1. The number of rotatable bonds is 8. The summed E-state index contributed by atoms with van der Waals surface area (Å²) in [4.78, 5) is 2.32. The Bertz CT molecular complexity index is 131. The standard InChI is InChI=1S/C10H24N2OS/c1-9(5-6-14-4)12(2)8-10(7-11)13-3/h9-10H,5-8,11H2,1-4H3. The number of ether oxygens (including phenoxy) is 1. The smallest absolute Gasteiger partial charge is 0.0820 e. The van der Waals surface area contributed by atoms with E-state index in [1.807, 2.05) is 11.8 Å². The van der Waals surface area contributed by atoms with Crippen LogP contribution in [0.4, 0.5) is 0 Å². The van der Waals surface area contributed by atoms with E-state index in [4.69, 9.17) is 10.5 Å². The maximum absolute atomic E-state index is 5.58. The second kappa shape index (κ2) is 8.53. The summed E-state index contributed by atoms with van der Waals surface area (Å²) >= 11 is 1.90. The minimum Gasteiger partial charge on any atom is -0.379 e. The first-order valence-corrected chi connectivity index (χ1v) is 6.47. The third-order valence-electron chi connectivity index (χ3n) is 2.58. The van der Waals surface area contributed by atoms with Crippen LogP contribution in [0.1, 0.15) is 13.3 Å². The molecule has 2 atom stereocenters. The molecule has 4 heteroatoms. The molecule has 2 N–H and O–H groups in total. The van der Waals surface area contributed by atoms with Crippen LogP contribution in [0.3, 0.4) is 0 Å². The predicted octanol–water partition coefficient (Wildman–Crippen LogP) is 1.03. The number of hydrogen-bond donors (Lipinski definition) is 1. The summed E-state index contributed by atoms with van der Waals surface area (Å²) < 4.78 is 5.25. The lowest BCUT2D eigenvalue weighted by atomic mass is 10.2. The number of nitrogens with two attached hydrogens (primary N) is 1. The fraction of sp³-hybridized carbons (Fsp3) is 1.00. The number of thioether (sulfide) groups is 1. The molecule has 0 rings (SSSR count). The zero-order valence-corrected chi connectivity index (χ0v) is 10.6. The van der Waals surface area contributed by atoms with E-state index in [1.165, 1.54) is 12.2 Å². The highest BCUT2D eigenvalue weighted by atomic mass is 32.2. The monoisotopic (exact) mass is 220 g/mol. The molecule has 0 aromatic carbocycles. The molecule has 0 fully saturated rings. The van der Waals surface area contributed by atoms with Crippen LogP contribution >= 0.6 is 11.8 Å². The van der Waals surface area contributed by atoms with Crippen molar-refractivity contribution in [3.8, 4) is 0 Å². The zero-order valence-electron chi connectivity index (χ0n) is 9.82. The molecule has 14 heavy (non-hydrogen) atoms. The first-order valence-electron chi connectivity index (χ1n) is 5.07. The van der Waals surface area contributed by atoms with Crippen LogP contribution in [0, 0.1) is 0 Å². The van der Waals surface area contributed by atoms with E-state index in [0.717, 1.165) is 6.54 Å². The minimum absolute atomic E-state index is 0.164. The topological polar surface area (TPSA) is 38.5 Å². The molecule has 0 saturated heterocycles. The normalized spacial score (nSPS) is 15.9. The molecule has 86 valence electrons. The summed E-state index contributed by atoms with van der Waals surface area (Å²) in [5, 5.41) is 0. The van der Waals surface area contributed by atoms with Crippen LogP contribution in [0.25, 0.3) is 0 Å². The second-order valence-corrected chi connectivity index (χ2v) is 4.65. The number of likely N-dealkylation sites (N-methyl/N-ethyl adjacent to an activating group) is 1. The van der Waals surface area contributed by atoms with Gasteiger partial charge in [0, 0.05) is 26.2 Å². The Morgan fingerprint density at radius 3 is 2.57 bits per heavy atom. The summed E-state index contributed by atoms with van der Waals surface area (Å²) in [5.41, 5.74) is 5.58. The highest BCUT2D eigenvalue weighted by Gasteiger charge is 2.13. The van der Waals surface area contributed by atoms with E-state index in [2.05, 4.69) is 25.1 Å². The Labute approximate surface area is 92.4 Å². The van der Waals surface area contributed by atoms with Crippen molar-refractivity contribution in [1.29, 1.82) is 0 Å². The van der Waals surface area contributed by atoms with Gasteiger partial charge in [0.25, 0.3) is 0 Å². The Morgan fingerprint density at radius 2 is 2.14 bits per heavy atom. The van der Waals surface area contributed by atoms with Crippen LogP contribution < -0.4 is 5.73 Å². The Kier molecular flexibility index (Phi) is 8.67. The lowest BCUT2D eigenvalue weighted by molar-refractivity contribution is 0.0667. The molecule has 0 aromatic rings. The second-order valence-electron chi connectivity index (χ2n) is 3.66. The quantitative estimate of drug-likeness (QED) is 0.663. The van der Waals surface area contributed by atoms with Crippen molar-refractivity contribution in [2.75, 3.05) is 39.3 Å². The first kappa shape index (κ1) is 14.2. The average molecular weight is 220 g/mol. The molecule has 3 nitrogen and oxygen atoms in total. The third kappa shape index (κ3) is 5.86. The third-order valence-corrected chi connectivity index (χ3v) is 3.22. The maximum Gasteiger partial charge on any atom is 0.0820 e. The fourth-order valence-corrected chi connectivity index (χ4v) is 1.83. The van der Waals surface area contributed by atoms with E-state index in [9.17, 15) is 0 Å². The van der Waals surface area contributed by atoms with Crippen molar-refractivity contribution in [2.45, 2.75) is 25.5 Å². The average Bonchev–Trinajstić information content (AvgIpc) is 2.21. The van der Waals surface area contributed by atoms with Crippen LogP contribution in [0.2, 0.25) is 0 Å². The highest BCUT2D eigenvalue weighted by Crippen LogP contribution is 2.06. The van der Waals surface area contributed by atoms with Crippen molar-refractivity contribution in [1.82, 2.24) is 4.90 Å². The zero-order chi connectivity index (χ0) is 11.0. The van der Waals surface area contributed by atoms with Crippen molar-refractivity contribution >= 4 is 11.8 Å². The summed E-state index contributed by atoms with van der Waals surface area (Å²) in [6.07, 6.45) is 3.53. The summed E-state index contributed by atoms with van der Waals surface area (Å²) in [6, 6.07) is 0.603. The highest BCUT2D eigenvalue weighted by molar-refractivity contribution is 7.98. The van der Waals surface area contributed by atoms with Crippen molar-refractivity contribution in [2.24, 2.45) is 5.73 Å². The van der Waals surface area contributed by atoms with E-state index in [-0.39, 0.29) is 6.10 Å². The lowest BCUT2D eigenvalue weighted by Crippen LogP contribution is -2.40. The van der Waals surface area contributed by atoms with Gasteiger partial charge in [0.15, 0.2) is 0 Å². The van der Waals surface area contributed by atoms with Gasteiger partial charge < -0.3 is 15.4 Å². The molecular formula is C10H24N2OS. The Balaban J connectivity index is 3.74. The summed E-state index contributed by atoms with van der Waals surface area (Å²) in [7, 11) is 3.85. The van der Waals surface area contributed by atoms with E-state index in [1.54, 1.807) is 7.11 Å². The van der Waals surface area contributed by atoms with Crippen LogP contribution in [-0.2, 0) is 4.74 Å². The van der Waals surface area contributed by atoms with Gasteiger partial charge in [-0.1, -0.05) is 0 Å². The minimum atomic E-state index is 0.164. The first-order chi connectivity index (χ1) is 6.65. The van der Waals surface area contributed by atoms with Gasteiger partial charge in [-0.05, 0) is 32.4 Å². The molecule has 0 bridgehead atoms. The van der Waals surface area contributed by atoms with Crippen LogP contribution in [0.15, 0.2) is 0 Å². The largest absolute Gasteiger partial charge is 0.379 e. The summed E-state index contributed by atoms with van der Waals surface area (Å²) in [5.74, 6) is 1.21. The molecular weight excluding hydrogens is 196 g/mol. The van der Waals surface area contributed by atoms with E-state index in [0.29, 0.717) is 12.6 Å². The van der Waals surface area contributed by atoms with E-state index < -0.39 is 0 Å². The summed E-state index contributed by atoms with van der Waals surface area (Å²) in [6.45, 7) is 3.76. The van der Waals surface area contributed by atoms with Crippen LogP contribution in [-0.4, -0.2) is 56.3 Å². The lowest BCUT2D eigenvalue weighted by Gasteiger charge is -2.27. The predicted molar refractivity (Wildman–Crippen MR) is 64.9 cm³/mol. The number of hydrogen-bond acceptors (Lipinski definition) is 4. The van der Waals surface area contributed by atoms with Gasteiger partial charge in [-0.15, -0.1) is 0 Å².